The number of ether oxygens (including phenoxy) is 2. The number of carbonyl (C=O) groups excluding carboxylic acids is 1. The lowest BCUT2D eigenvalue weighted by Gasteiger charge is -2.36. The van der Waals surface area contributed by atoms with Crippen molar-refractivity contribution >= 4 is 28.5 Å². The van der Waals surface area contributed by atoms with Crippen molar-refractivity contribution < 1.29 is 27.4 Å². The molecule has 4 rings (SSSR count). The van der Waals surface area contributed by atoms with Crippen molar-refractivity contribution in [2.24, 2.45) is 16.6 Å². The number of fused-ring (bicyclic) bond motifs is 1. The highest BCUT2D eigenvalue weighted by Gasteiger charge is 2.52. The molecular formula is C21H21F3N4O3S. The number of hydrogen-bond donors (Lipinski definition) is 2. The summed E-state index contributed by atoms with van der Waals surface area (Å²) in [7, 11) is 1.62. The molecule has 1 aromatic heterocycles. The van der Waals surface area contributed by atoms with Crippen LogP contribution >= 0.6 is 11.8 Å². The lowest BCUT2D eigenvalue weighted by Crippen LogP contribution is -2.37. The number of anilines is 1. The summed E-state index contributed by atoms with van der Waals surface area (Å²) in [5, 5.41) is 3.06. The molecule has 1 aromatic carbocycles. The summed E-state index contributed by atoms with van der Waals surface area (Å²) in [5.74, 6) is -0.453. The number of pyridine rings is 1. The monoisotopic (exact) mass is 466 g/mol. The van der Waals surface area contributed by atoms with E-state index in [1.807, 2.05) is 0 Å². The molecule has 11 heteroatoms. The van der Waals surface area contributed by atoms with E-state index in [1.165, 1.54) is 36.0 Å². The standard InChI is InChI=1S/C21H21F3N4O3S/c1-30-14-6-11-10-32-20(25)28-21(11,8-14)15-7-12(2-4-16(15)22)27-18(29)17-5-3-13(9-26-17)31-19(23)24/h2-5,7,9,11,14,19H,6,8,10H2,1H3,(H2,25,28)(H,27,29). The quantitative estimate of drug-likeness (QED) is 0.673. The molecule has 1 amide bonds. The van der Waals surface area contributed by atoms with Crippen LogP contribution in [0.4, 0.5) is 18.9 Å². The Bertz CT molecular complexity index is 1040. The first kappa shape index (κ1) is 22.4. The van der Waals surface area contributed by atoms with Gasteiger partial charge in [-0.2, -0.15) is 8.78 Å². The van der Waals surface area contributed by atoms with Crippen LogP contribution in [0.25, 0.3) is 0 Å². The Morgan fingerprint density at radius 3 is 2.84 bits per heavy atom. The summed E-state index contributed by atoms with van der Waals surface area (Å²) in [6.45, 7) is -2.99. The van der Waals surface area contributed by atoms with E-state index < -0.39 is 23.9 Å². The number of thioether (sulfide) groups is 1. The van der Waals surface area contributed by atoms with Crippen molar-refractivity contribution in [2.45, 2.75) is 31.1 Å². The number of nitrogens with one attached hydrogen (secondary N) is 1. The number of amidine groups is 1. The third-order valence-corrected chi connectivity index (χ3v) is 6.68. The Morgan fingerprint density at radius 2 is 2.16 bits per heavy atom. The second-order valence-corrected chi connectivity index (χ2v) is 8.63. The van der Waals surface area contributed by atoms with Crippen LogP contribution in [0.15, 0.2) is 41.5 Å². The number of amides is 1. The maximum Gasteiger partial charge on any atom is 0.387 e. The highest BCUT2D eigenvalue weighted by Crippen LogP contribution is 2.52. The average Bonchev–Trinajstić information content (AvgIpc) is 3.14. The number of benzene rings is 1. The van der Waals surface area contributed by atoms with Gasteiger partial charge in [-0.15, -0.1) is 0 Å². The SMILES string of the molecule is COC1CC2CSC(N)=NC2(c2cc(NC(=O)c3ccc(OC(F)F)cn3)ccc2F)C1. The molecule has 3 N–H and O–H groups in total. The van der Waals surface area contributed by atoms with E-state index >= 15 is 0 Å². The molecule has 0 saturated heterocycles. The Balaban J connectivity index is 1.60. The van der Waals surface area contributed by atoms with Gasteiger partial charge in [0.2, 0.25) is 0 Å². The number of carbonyl (C=O) groups is 1. The van der Waals surface area contributed by atoms with Gasteiger partial charge in [-0.3, -0.25) is 9.79 Å². The number of methoxy groups -OCH3 is 1. The third-order valence-electron chi connectivity index (χ3n) is 5.72. The highest BCUT2D eigenvalue weighted by atomic mass is 32.2. The van der Waals surface area contributed by atoms with Crippen LogP contribution in [0.2, 0.25) is 0 Å². The molecule has 1 saturated carbocycles. The van der Waals surface area contributed by atoms with Gasteiger partial charge in [0.25, 0.3) is 5.91 Å². The van der Waals surface area contributed by atoms with Crippen molar-refractivity contribution in [3.63, 3.8) is 0 Å². The van der Waals surface area contributed by atoms with Gasteiger partial charge in [0.1, 0.15) is 17.3 Å². The van der Waals surface area contributed by atoms with Crippen molar-refractivity contribution in [3.05, 3.63) is 53.6 Å². The molecule has 1 aliphatic carbocycles. The van der Waals surface area contributed by atoms with E-state index in [2.05, 4.69) is 20.0 Å². The summed E-state index contributed by atoms with van der Waals surface area (Å²) < 4.78 is 49.3. The van der Waals surface area contributed by atoms with E-state index in [4.69, 9.17) is 10.5 Å². The van der Waals surface area contributed by atoms with Gasteiger partial charge in [0.15, 0.2) is 5.17 Å². The average molecular weight is 466 g/mol. The van der Waals surface area contributed by atoms with Gasteiger partial charge in [0, 0.05) is 36.5 Å². The van der Waals surface area contributed by atoms with Crippen LogP contribution in [0.5, 0.6) is 5.75 Å². The first-order valence-corrected chi connectivity index (χ1v) is 10.8. The number of aliphatic imine (C=N–C) groups is 1. The van der Waals surface area contributed by atoms with E-state index in [1.54, 1.807) is 13.2 Å². The molecule has 170 valence electrons. The predicted molar refractivity (Wildman–Crippen MR) is 115 cm³/mol. The molecule has 1 fully saturated rings. The van der Waals surface area contributed by atoms with Crippen molar-refractivity contribution in [1.29, 1.82) is 0 Å². The molecule has 0 spiro atoms. The fourth-order valence-electron chi connectivity index (χ4n) is 4.25. The molecule has 3 atom stereocenters. The fourth-order valence-corrected chi connectivity index (χ4v) is 5.27. The summed E-state index contributed by atoms with van der Waals surface area (Å²) in [5.41, 5.74) is 5.82. The molecule has 3 unspecified atom stereocenters. The highest BCUT2D eigenvalue weighted by molar-refractivity contribution is 8.13. The Labute approximate surface area is 186 Å². The molecule has 2 aliphatic rings. The number of halogens is 3. The largest absolute Gasteiger partial charge is 0.433 e. The second kappa shape index (κ2) is 8.99. The zero-order valence-corrected chi connectivity index (χ0v) is 17.9. The predicted octanol–water partition coefficient (Wildman–Crippen LogP) is 3.76. The first-order chi connectivity index (χ1) is 15.3. The van der Waals surface area contributed by atoms with Crippen molar-refractivity contribution in [1.82, 2.24) is 4.98 Å². The summed E-state index contributed by atoms with van der Waals surface area (Å²) in [6, 6.07) is 6.74. The summed E-state index contributed by atoms with van der Waals surface area (Å²) in [4.78, 5) is 21.1. The minimum absolute atomic E-state index is 0.00910. The third kappa shape index (κ3) is 4.40. The lowest BCUT2D eigenvalue weighted by atomic mass is 9.81. The van der Waals surface area contributed by atoms with E-state index in [-0.39, 0.29) is 23.5 Å². The van der Waals surface area contributed by atoms with Gasteiger partial charge in [0.05, 0.1) is 17.8 Å². The molecule has 0 bridgehead atoms. The zero-order valence-electron chi connectivity index (χ0n) is 17.1. The number of rotatable bonds is 6. The van der Waals surface area contributed by atoms with Crippen LogP contribution in [0.3, 0.4) is 0 Å². The van der Waals surface area contributed by atoms with Crippen LogP contribution < -0.4 is 15.8 Å². The smallest absolute Gasteiger partial charge is 0.387 e. The first-order valence-electron chi connectivity index (χ1n) is 9.84. The molecule has 1 aliphatic heterocycles. The van der Waals surface area contributed by atoms with Crippen LogP contribution in [-0.2, 0) is 10.3 Å². The van der Waals surface area contributed by atoms with E-state index in [0.29, 0.717) is 28.6 Å². The normalized spacial score (nSPS) is 24.7. The van der Waals surface area contributed by atoms with Gasteiger partial charge >= 0.3 is 6.61 Å². The number of aromatic nitrogens is 1. The maximum absolute atomic E-state index is 15.0. The summed E-state index contributed by atoms with van der Waals surface area (Å²) in [6.07, 6.45) is 2.16. The van der Waals surface area contributed by atoms with Crippen LogP contribution in [0.1, 0.15) is 28.9 Å². The van der Waals surface area contributed by atoms with Gasteiger partial charge in [-0.25, -0.2) is 9.37 Å². The fraction of sp³-hybridized carbons (Fsp3) is 0.381. The van der Waals surface area contributed by atoms with E-state index in [9.17, 15) is 18.0 Å². The van der Waals surface area contributed by atoms with Gasteiger partial charge in [-0.1, -0.05) is 11.8 Å². The molecular weight excluding hydrogens is 445 g/mol. The second-order valence-electron chi connectivity index (χ2n) is 7.59. The minimum Gasteiger partial charge on any atom is -0.433 e. The Morgan fingerprint density at radius 1 is 1.34 bits per heavy atom. The number of alkyl halides is 2. The van der Waals surface area contributed by atoms with Crippen LogP contribution in [0, 0.1) is 11.7 Å². The molecule has 2 heterocycles. The Hall–Kier alpha value is -2.79. The maximum atomic E-state index is 15.0. The lowest BCUT2D eigenvalue weighted by molar-refractivity contribution is -0.0500. The topological polar surface area (TPSA) is 98.8 Å². The van der Waals surface area contributed by atoms with Crippen molar-refractivity contribution in [3.8, 4) is 5.75 Å². The van der Waals surface area contributed by atoms with Gasteiger partial charge < -0.3 is 20.5 Å². The number of nitrogens with two attached hydrogens (primary N) is 1. The Kier molecular flexibility index (Phi) is 6.29. The minimum atomic E-state index is -2.99. The molecule has 0 radical (unpaired) electrons. The number of hydrogen-bond acceptors (Lipinski definition) is 7. The zero-order chi connectivity index (χ0) is 22.9. The van der Waals surface area contributed by atoms with E-state index in [0.717, 1.165) is 12.6 Å². The van der Waals surface area contributed by atoms with Gasteiger partial charge in [-0.05, 0) is 36.8 Å². The van der Waals surface area contributed by atoms with Crippen LogP contribution in [-0.4, -0.2) is 41.6 Å². The molecule has 2 aromatic rings. The molecule has 7 nitrogen and oxygen atoms in total. The molecule has 32 heavy (non-hydrogen) atoms. The summed E-state index contributed by atoms with van der Waals surface area (Å²) >= 11 is 1.44. The number of nitrogens with zero attached hydrogens (tertiary/aromatic N) is 2. The van der Waals surface area contributed by atoms with Crippen molar-refractivity contribution in [2.75, 3.05) is 18.2 Å².